The first kappa shape index (κ1) is 30.0. The van der Waals surface area contributed by atoms with Gasteiger partial charge in [0.25, 0.3) is 0 Å². The molecule has 0 spiro atoms. The van der Waals surface area contributed by atoms with Crippen molar-refractivity contribution in [2.75, 3.05) is 32.7 Å². The highest BCUT2D eigenvalue weighted by molar-refractivity contribution is 8.15. The van der Waals surface area contributed by atoms with Crippen LogP contribution in [0.3, 0.4) is 0 Å². The van der Waals surface area contributed by atoms with Gasteiger partial charge in [-0.25, -0.2) is 9.79 Å². The van der Waals surface area contributed by atoms with Crippen LogP contribution in [0.25, 0.3) is 0 Å². The number of ether oxygens (including phenoxy) is 3. The second kappa shape index (κ2) is 14.0. The minimum atomic E-state index is -0.699. The van der Waals surface area contributed by atoms with Gasteiger partial charge in [-0.1, -0.05) is 29.4 Å². The summed E-state index contributed by atoms with van der Waals surface area (Å²) in [5.41, 5.74) is 2.45. The van der Waals surface area contributed by atoms with Crippen LogP contribution in [-0.2, 0) is 20.7 Å². The molecule has 1 saturated heterocycles. The number of nitrogens with one attached hydrogen (secondary N) is 1. The maximum absolute atomic E-state index is 13.4. The summed E-state index contributed by atoms with van der Waals surface area (Å²) in [5.74, 6) is 0.238. The van der Waals surface area contributed by atoms with E-state index in [-0.39, 0.29) is 24.8 Å². The number of carbonyl (C=O) groups excluding carboxylic acids is 3. The fourth-order valence-corrected chi connectivity index (χ4v) is 5.34. The highest BCUT2D eigenvalue weighted by Gasteiger charge is 2.36. The van der Waals surface area contributed by atoms with Crippen LogP contribution in [0, 0.1) is 0 Å². The number of carbonyl (C=O) groups is 3. The lowest BCUT2D eigenvalue weighted by molar-refractivity contribution is -0.129. The van der Waals surface area contributed by atoms with E-state index >= 15 is 0 Å². The number of hydrogen-bond donors (Lipinski definition) is 1. The molecule has 1 aliphatic rings. The predicted molar refractivity (Wildman–Crippen MR) is 161 cm³/mol. The number of anilines is 1. The van der Waals surface area contributed by atoms with Crippen molar-refractivity contribution in [2.45, 2.75) is 25.0 Å². The Kier molecular flexibility index (Phi) is 10.3. The minimum absolute atomic E-state index is 0.00296. The number of halogens is 1. The lowest BCUT2D eigenvalue weighted by atomic mass is 10.1. The molecule has 11 heteroatoms. The highest BCUT2D eigenvalue weighted by Crippen LogP contribution is 2.32. The summed E-state index contributed by atoms with van der Waals surface area (Å²) in [4.78, 5) is 44.8. The van der Waals surface area contributed by atoms with Gasteiger partial charge in [0, 0.05) is 23.7 Å². The van der Waals surface area contributed by atoms with Crippen molar-refractivity contribution in [1.29, 1.82) is 0 Å². The molecule has 3 aromatic carbocycles. The molecule has 3 aromatic rings. The standard InChI is InChI=1S/C30H30ClN3O6S/c1-4-40-29(37)20-6-10-22(11-7-20)32-28(36)26-18-27(35)34(30(41-26)33-23-12-8-21(31)9-13-23)16-15-19-5-14-24(38-2)25(17-19)39-3/h5-14,17,26H,4,15-16,18H2,1-3H3,(H,32,36)/t26-/m0/s1. The van der Waals surface area contributed by atoms with Crippen LogP contribution in [0.15, 0.2) is 71.7 Å². The van der Waals surface area contributed by atoms with Gasteiger partial charge >= 0.3 is 5.97 Å². The van der Waals surface area contributed by atoms with E-state index in [0.29, 0.717) is 51.6 Å². The van der Waals surface area contributed by atoms with E-state index < -0.39 is 11.2 Å². The fraction of sp³-hybridized carbons (Fsp3) is 0.267. The Balaban J connectivity index is 1.51. The van der Waals surface area contributed by atoms with Crippen LogP contribution < -0.4 is 14.8 Å². The molecule has 0 unspecified atom stereocenters. The number of rotatable bonds is 10. The molecule has 4 rings (SSSR count). The molecule has 41 heavy (non-hydrogen) atoms. The van der Waals surface area contributed by atoms with Gasteiger partial charge in [-0.2, -0.15) is 0 Å². The number of benzene rings is 3. The average Bonchev–Trinajstić information content (AvgIpc) is 2.98. The first-order valence-corrected chi connectivity index (χ1v) is 14.2. The third-order valence-corrected chi connectivity index (χ3v) is 7.66. The average molecular weight is 596 g/mol. The summed E-state index contributed by atoms with van der Waals surface area (Å²) < 4.78 is 15.7. The summed E-state index contributed by atoms with van der Waals surface area (Å²) in [7, 11) is 3.15. The first-order chi connectivity index (χ1) is 19.8. The van der Waals surface area contributed by atoms with Crippen molar-refractivity contribution in [3.05, 3.63) is 82.9 Å². The number of amidine groups is 1. The van der Waals surface area contributed by atoms with Crippen molar-refractivity contribution < 1.29 is 28.6 Å². The Hall–Kier alpha value is -4.02. The zero-order valence-corrected chi connectivity index (χ0v) is 24.5. The zero-order valence-electron chi connectivity index (χ0n) is 22.9. The molecule has 0 aliphatic carbocycles. The Morgan fingerprint density at radius 3 is 2.39 bits per heavy atom. The second-order valence-corrected chi connectivity index (χ2v) is 10.6. The molecule has 0 bridgehead atoms. The van der Waals surface area contributed by atoms with Crippen LogP contribution in [0.1, 0.15) is 29.3 Å². The third kappa shape index (κ3) is 7.80. The van der Waals surface area contributed by atoms with Gasteiger partial charge < -0.3 is 19.5 Å². The molecule has 1 heterocycles. The lowest BCUT2D eigenvalue weighted by Gasteiger charge is -2.32. The van der Waals surface area contributed by atoms with Crippen LogP contribution >= 0.6 is 23.4 Å². The molecule has 1 N–H and O–H groups in total. The van der Waals surface area contributed by atoms with E-state index in [1.165, 1.54) is 11.8 Å². The van der Waals surface area contributed by atoms with E-state index in [0.717, 1.165) is 5.56 Å². The smallest absolute Gasteiger partial charge is 0.338 e. The van der Waals surface area contributed by atoms with Crippen molar-refractivity contribution in [2.24, 2.45) is 4.99 Å². The molecular weight excluding hydrogens is 566 g/mol. The second-order valence-electron chi connectivity index (χ2n) is 8.95. The number of hydrogen-bond acceptors (Lipinski definition) is 8. The SMILES string of the molecule is CCOC(=O)c1ccc(NC(=O)[C@@H]2CC(=O)N(CCc3ccc(OC)c(OC)c3)C(=Nc3ccc(Cl)cc3)S2)cc1. The number of amides is 2. The molecule has 0 radical (unpaired) electrons. The number of aliphatic imine (C=N–C) groups is 1. The summed E-state index contributed by atoms with van der Waals surface area (Å²) in [5, 5.41) is 3.12. The number of methoxy groups -OCH3 is 2. The zero-order chi connectivity index (χ0) is 29.4. The van der Waals surface area contributed by atoms with Crippen LogP contribution in [0.2, 0.25) is 5.02 Å². The van der Waals surface area contributed by atoms with Crippen molar-refractivity contribution in [1.82, 2.24) is 4.90 Å². The third-order valence-electron chi connectivity index (χ3n) is 6.22. The van der Waals surface area contributed by atoms with Crippen LogP contribution in [0.5, 0.6) is 11.5 Å². The summed E-state index contributed by atoms with van der Waals surface area (Å²) in [6.07, 6.45) is 0.541. The normalized spacial score (nSPS) is 15.9. The maximum atomic E-state index is 13.4. The molecule has 1 fully saturated rings. The number of esters is 1. The van der Waals surface area contributed by atoms with E-state index in [1.54, 1.807) is 74.6 Å². The van der Waals surface area contributed by atoms with Gasteiger partial charge in [-0.15, -0.1) is 0 Å². The molecule has 1 atom stereocenters. The minimum Gasteiger partial charge on any atom is -0.493 e. The van der Waals surface area contributed by atoms with E-state index in [4.69, 9.17) is 30.8 Å². The van der Waals surface area contributed by atoms with E-state index in [2.05, 4.69) is 5.32 Å². The van der Waals surface area contributed by atoms with E-state index in [1.807, 2.05) is 18.2 Å². The van der Waals surface area contributed by atoms with Crippen molar-refractivity contribution >= 4 is 57.7 Å². The molecule has 2 amide bonds. The predicted octanol–water partition coefficient (Wildman–Crippen LogP) is 5.74. The van der Waals surface area contributed by atoms with Gasteiger partial charge in [0.05, 0.1) is 32.1 Å². The molecule has 1 aliphatic heterocycles. The van der Waals surface area contributed by atoms with Gasteiger partial charge in [0.1, 0.15) is 5.25 Å². The summed E-state index contributed by atoms with van der Waals surface area (Å²) in [6, 6.07) is 19.0. The number of thioether (sulfide) groups is 1. The Bertz CT molecular complexity index is 1430. The lowest BCUT2D eigenvalue weighted by Crippen LogP contribution is -2.46. The molecule has 0 saturated carbocycles. The van der Waals surface area contributed by atoms with Gasteiger partial charge in [-0.05, 0) is 79.6 Å². The summed E-state index contributed by atoms with van der Waals surface area (Å²) >= 11 is 7.26. The molecular formula is C30H30ClN3O6S. The van der Waals surface area contributed by atoms with Crippen LogP contribution in [-0.4, -0.2) is 60.5 Å². The van der Waals surface area contributed by atoms with Gasteiger partial charge in [0.2, 0.25) is 11.8 Å². The van der Waals surface area contributed by atoms with Crippen molar-refractivity contribution in [3.63, 3.8) is 0 Å². The quantitative estimate of drug-likeness (QED) is 0.298. The van der Waals surface area contributed by atoms with E-state index in [9.17, 15) is 14.4 Å². The summed E-state index contributed by atoms with van der Waals surface area (Å²) in [6.45, 7) is 2.37. The largest absolute Gasteiger partial charge is 0.493 e. The number of nitrogens with zero attached hydrogens (tertiary/aromatic N) is 2. The van der Waals surface area contributed by atoms with Crippen LogP contribution in [0.4, 0.5) is 11.4 Å². The monoisotopic (exact) mass is 595 g/mol. The fourth-order valence-electron chi connectivity index (χ4n) is 4.09. The Morgan fingerprint density at radius 2 is 1.73 bits per heavy atom. The maximum Gasteiger partial charge on any atom is 0.338 e. The van der Waals surface area contributed by atoms with Crippen molar-refractivity contribution in [3.8, 4) is 11.5 Å². The molecule has 214 valence electrons. The van der Waals surface area contributed by atoms with Gasteiger partial charge in [0.15, 0.2) is 16.7 Å². The molecule has 0 aromatic heterocycles. The Labute approximate surface area is 247 Å². The molecule has 9 nitrogen and oxygen atoms in total. The Morgan fingerprint density at radius 1 is 1.02 bits per heavy atom. The highest BCUT2D eigenvalue weighted by atomic mass is 35.5. The first-order valence-electron chi connectivity index (χ1n) is 12.9. The van der Waals surface area contributed by atoms with Gasteiger partial charge in [-0.3, -0.25) is 14.5 Å². The topological polar surface area (TPSA) is 107 Å².